The van der Waals surface area contributed by atoms with Crippen LogP contribution in [0.1, 0.15) is 53.7 Å². The predicted molar refractivity (Wildman–Crippen MR) is 130 cm³/mol. The molecule has 0 spiro atoms. The Balaban J connectivity index is 1.59. The summed E-state index contributed by atoms with van der Waals surface area (Å²) in [6.45, 7) is 2.16. The summed E-state index contributed by atoms with van der Waals surface area (Å²) in [7, 11) is 0. The minimum atomic E-state index is -0.891. The number of fused-ring (bicyclic) bond motifs is 1. The number of carbonyl (C=O) groups is 2. The molecule has 1 unspecified atom stereocenters. The van der Waals surface area contributed by atoms with Gasteiger partial charge in [-0.1, -0.05) is 55.8 Å². The maximum Gasteiger partial charge on any atom is 0.305 e. The number of amides is 1. The molecular formula is C27H27N3O3. The number of aromatic nitrogens is 2. The number of hydrogen-bond acceptors (Lipinski definition) is 3. The van der Waals surface area contributed by atoms with Gasteiger partial charge >= 0.3 is 5.97 Å². The van der Waals surface area contributed by atoms with E-state index in [1.165, 1.54) is 5.56 Å². The second-order valence-corrected chi connectivity index (χ2v) is 8.13. The maximum absolute atomic E-state index is 12.8. The third-order valence-corrected chi connectivity index (χ3v) is 5.76. The zero-order valence-corrected chi connectivity index (χ0v) is 18.6. The Morgan fingerprint density at radius 1 is 1.03 bits per heavy atom. The Kier molecular flexibility index (Phi) is 6.83. The Bertz CT molecular complexity index is 1250. The number of nitrogens with one attached hydrogen (secondary N) is 1. The number of anilines is 1. The normalized spacial score (nSPS) is 11.9. The van der Waals surface area contributed by atoms with Crippen LogP contribution in [0.5, 0.6) is 0 Å². The van der Waals surface area contributed by atoms with Crippen LogP contribution in [-0.4, -0.2) is 26.5 Å². The van der Waals surface area contributed by atoms with E-state index >= 15 is 0 Å². The van der Waals surface area contributed by atoms with Gasteiger partial charge in [0.1, 0.15) is 0 Å². The zero-order valence-electron chi connectivity index (χ0n) is 18.6. The number of aliphatic carboxylic acids is 1. The van der Waals surface area contributed by atoms with E-state index in [1.54, 1.807) is 6.33 Å². The van der Waals surface area contributed by atoms with E-state index < -0.39 is 12.0 Å². The van der Waals surface area contributed by atoms with E-state index in [2.05, 4.69) is 17.2 Å². The molecule has 1 aromatic heterocycles. The van der Waals surface area contributed by atoms with Crippen LogP contribution in [0.15, 0.2) is 79.1 Å². The molecule has 3 aromatic carbocycles. The van der Waals surface area contributed by atoms with Crippen molar-refractivity contribution in [2.75, 3.05) is 5.32 Å². The third kappa shape index (κ3) is 5.29. The second kappa shape index (κ2) is 10.1. The van der Waals surface area contributed by atoms with Gasteiger partial charge in [0.15, 0.2) is 0 Å². The lowest BCUT2D eigenvalue weighted by Crippen LogP contribution is -2.15. The second-order valence-electron chi connectivity index (χ2n) is 8.13. The molecule has 4 rings (SSSR count). The Labute approximate surface area is 192 Å². The molecule has 1 amide bonds. The lowest BCUT2D eigenvalue weighted by Gasteiger charge is -2.18. The highest BCUT2D eigenvalue weighted by molar-refractivity contribution is 6.05. The summed E-state index contributed by atoms with van der Waals surface area (Å²) < 4.78 is 1.86. The first kappa shape index (κ1) is 22.3. The molecule has 0 radical (unpaired) electrons. The lowest BCUT2D eigenvalue weighted by atomic mass is 10.0. The number of nitrogens with zero attached hydrogens (tertiary/aromatic N) is 2. The molecule has 0 fully saturated rings. The summed E-state index contributed by atoms with van der Waals surface area (Å²) in [5.74, 6) is -1.08. The van der Waals surface area contributed by atoms with Crippen molar-refractivity contribution in [2.45, 2.75) is 38.6 Å². The third-order valence-electron chi connectivity index (χ3n) is 5.76. The van der Waals surface area contributed by atoms with Crippen molar-refractivity contribution in [1.29, 1.82) is 0 Å². The van der Waals surface area contributed by atoms with E-state index in [0.717, 1.165) is 35.9 Å². The van der Waals surface area contributed by atoms with Gasteiger partial charge in [0.05, 0.1) is 29.8 Å². The Morgan fingerprint density at radius 2 is 1.79 bits per heavy atom. The standard InChI is InChI=1S/C27H27N3O3/c1-2-3-7-19-10-12-21(13-11-19)27(33)29-22-14-15-23-25(16-22)30(18-28-23)24(17-26(31)32)20-8-5-4-6-9-20/h4-6,8-16,18,24H,2-3,7,17H2,1H3,(H,29,33)(H,31,32). The topological polar surface area (TPSA) is 84.2 Å². The quantitative estimate of drug-likeness (QED) is 0.349. The van der Waals surface area contributed by atoms with Crippen LogP contribution in [-0.2, 0) is 11.2 Å². The summed E-state index contributed by atoms with van der Waals surface area (Å²) in [5, 5.41) is 12.4. The highest BCUT2D eigenvalue weighted by Crippen LogP contribution is 2.28. The molecule has 0 aliphatic heterocycles. The number of unbranched alkanes of at least 4 members (excludes halogenated alkanes) is 1. The van der Waals surface area contributed by atoms with Crippen molar-refractivity contribution in [1.82, 2.24) is 9.55 Å². The first-order chi connectivity index (χ1) is 16.0. The fourth-order valence-electron chi connectivity index (χ4n) is 3.98. The monoisotopic (exact) mass is 441 g/mol. The van der Waals surface area contributed by atoms with Crippen LogP contribution in [0, 0.1) is 0 Å². The smallest absolute Gasteiger partial charge is 0.305 e. The number of aryl methyl sites for hydroxylation is 1. The van der Waals surface area contributed by atoms with Crippen molar-refractivity contribution in [3.05, 3.63) is 95.8 Å². The van der Waals surface area contributed by atoms with Gasteiger partial charge in [0.25, 0.3) is 5.91 Å². The fourth-order valence-corrected chi connectivity index (χ4v) is 3.98. The number of carboxylic acids is 1. The number of hydrogen-bond donors (Lipinski definition) is 2. The van der Waals surface area contributed by atoms with Gasteiger partial charge in [-0.3, -0.25) is 9.59 Å². The number of carboxylic acid groups (broad SMARTS) is 1. The van der Waals surface area contributed by atoms with Crippen LogP contribution >= 0.6 is 0 Å². The zero-order chi connectivity index (χ0) is 23.2. The summed E-state index contributed by atoms with van der Waals surface area (Å²) in [5.41, 5.74) is 4.83. The molecule has 2 N–H and O–H groups in total. The molecule has 0 bridgehead atoms. The predicted octanol–water partition coefficient (Wildman–Crippen LogP) is 5.70. The van der Waals surface area contributed by atoms with Crippen LogP contribution in [0.2, 0.25) is 0 Å². The SMILES string of the molecule is CCCCc1ccc(C(=O)Nc2ccc3ncn(C(CC(=O)O)c4ccccc4)c3c2)cc1. The maximum atomic E-state index is 12.8. The van der Waals surface area contributed by atoms with E-state index in [1.807, 2.05) is 77.4 Å². The van der Waals surface area contributed by atoms with E-state index in [4.69, 9.17) is 0 Å². The van der Waals surface area contributed by atoms with E-state index in [9.17, 15) is 14.7 Å². The average Bonchev–Trinajstić information content (AvgIpc) is 3.25. The Morgan fingerprint density at radius 3 is 2.48 bits per heavy atom. The average molecular weight is 442 g/mol. The molecule has 0 saturated carbocycles. The van der Waals surface area contributed by atoms with Crippen LogP contribution in [0.25, 0.3) is 11.0 Å². The Hall–Kier alpha value is -3.93. The van der Waals surface area contributed by atoms with Crippen molar-refractivity contribution < 1.29 is 14.7 Å². The molecule has 0 aliphatic rings. The van der Waals surface area contributed by atoms with Gasteiger partial charge in [0.2, 0.25) is 0 Å². The molecular weight excluding hydrogens is 414 g/mol. The van der Waals surface area contributed by atoms with Crippen molar-refractivity contribution in [2.24, 2.45) is 0 Å². The van der Waals surface area contributed by atoms with Gasteiger partial charge in [-0.15, -0.1) is 0 Å². The molecule has 6 heteroatoms. The van der Waals surface area contributed by atoms with Crippen LogP contribution in [0.4, 0.5) is 5.69 Å². The van der Waals surface area contributed by atoms with Gasteiger partial charge in [-0.25, -0.2) is 4.98 Å². The van der Waals surface area contributed by atoms with Gasteiger partial charge in [-0.2, -0.15) is 0 Å². The largest absolute Gasteiger partial charge is 0.481 e. The fraction of sp³-hybridized carbons (Fsp3) is 0.222. The number of rotatable bonds is 9. The van der Waals surface area contributed by atoms with Crippen molar-refractivity contribution in [3.63, 3.8) is 0 Å². The lowest BCUT2D eigenvalue weighted by molar-refractivity contribution is -0.137. The summed E-state index contributed by atoms with van der Waals surface area (Å²) in [4.78, 5) is 28.8. The molecule has 33 heavy (non-hydrogen) atoms. The summed E-state index contributed by atoms with van der Waals surface area (Å²) in [6.07, 6.45) is 4.87. The van der Waals surface area contributed by atoms with Gasteiger partial charge < -0.3 is 15.0 Å². The first-order valence-electron chi connectivity index (χ1n) is 11.2. The molecule has 1 atom stereocenters. The van der Waals surface area contributed by atoms with Crippen LogP contribution in [0.3, 0.4) is 0 Å². The molecule has 168 valence electrons. The van der Waals surface area contributed by atoms with Gasteiger partial charge in [0, 0.05) is 11.3 Å². The van der Waals surface area contributed by atoms with E-state index in [-0.39, 0.29) is 12.3 Å². The van der Waals surface area contributed by atoms with Crippen molar-refractivity contribution in [3.8, 4) is 0 Å². The van der Waals surface area contributed by atoms with Gasteiger partial charge in [-0.05, 0) is 54.3 Å². The highest BCUT2D eigenvalue weighted by Gasteiger charge is 2.20. The number of imidazole rings is 1. The molecule has 0 saturated heterocycles. The first-order valence-corrected chi connectivity index (χ1v) is 11.2. The van der Waals surface area contributed by atoms with E-state index in [0.29, 0.717) is 11.3 Å². The highest BCUT2D eigenvalue weighted by atomic mass is 16.4. The number of carbonyl (C=O) groups excluding carboxylic acids is 1. The molecule has 4 aromatic rings. The molecule has 0 aliphatic carbocycles. The molecule has 6 nitrogen and oxygen atoms in total. The molecule has 1 heterocycles. The summed E-state index contributed by atoms with van der Waals surface area (Å²) in [6, 6.07) is 22.3. The minimum Gasteiger partial charge on any atom is -0.481 e. The van der Waals surface area contributed by atoms with Crippen molar-refractivity contribution >= 4 is 28.6 Å². The van der Waals surface area contributed by atoms with Crippen LogP contribution < -0.4 is 5.32 Å². The number of benzene rings is 3. The minimum absolute atomic E-state index is 0.0730. The summed E-state index contributed by atoms with van der Waals surface area (Å²) >= 11 is 0.